The average Bonchev–Trinajstić information content (AvgIpc) is 2.68. The Hall–Kier alpha value is -2.16. The van der Waals surface area contributed by atoms with Gasteiger partial charge in [-0.3, -0.25) is 14.4 Å². The molecule has 0 fully saturated rings. The number of halogens is 1. The van der Waals surface area contributed by atoms with Crippen molar-refractivity contribution in [2.45, 2.75) is 32.6 Å². The lowest BCUT2D eigenvalue weighted by Crippen LogP contribution is -2.26. The van der Waals surface area contributed by atoms with Gasteiger partial charge in [0.1, 0.15) is 0 Å². The van der Waals surface area contributed by atoms with Crippen molar-refractivity contribution in [2.75, 3.05) is 14.2 Å². The fourth-order valence-corrected chi connectivity index (χ4v) is 3.13. The Balaban J connectivity index is 2.10. The maximum atomic E-state index is 12.7. The lowest BCUT2D eigenvalue weighted by atomic mass is 9.88. The highest BCUT2D eigenvalue weighted by molar-refractivity contribution is 14.1. The number of ether oxygens (including phenoxy) is 2. The smallest absolute Gasteiger partial charge is 0.315 e. The Labute approximate surface area is 172 Å². The molecular weight excluding hydrogens is 463 g/mol. The fraction of sp³-hybridized carbons (Fsp3) is 0.350. The van der Waals surface area contributed by atoms with Gasteiger partial charge in [0.2, 0.25) is 23.1 Å². The van der Waals surface area contributed by atoms with Gasteiger partial charge in [-0.1, -0.05) is 24.3 Å². The van der Waals surface area contributed by atoms with E-state index in [1.807, 2.05) is 24.3 Å². The van der Waals surface area contributed by atoms with E-state index in [4.69, 9.17) is 9.47 Å². The zero-order valence-corrected chi connectivity index (χ0v) is 17.6. The second kappa shape index (κ2) is 9.68. The largest absolute Gasteiger partial charge is 0.489 e. The van der Waals surface area contributed by atoms with E-state index in [9.17, 15) is 14.4 Å². The second-order valence-corrected chi connectivity index (χ2v) is 6.56. The minimum atomic E-state index is -0.331. The van der Waals surface area contributed by atoms with Gasteiger partial charge in [0.15, 0.2) is 23.0 Å². The molecule has 1 aromatic carbocycles. The molecular formula is C20H21IO6. The molecule has 0 heterocycles. The first-order valence-corrected chi connectivity index (χ1v) is 9.31. The third-order valence-electron chi connectivity index (χ3n) is 4.43. The first kappa shape index (κ1) is 21.1. The summed E-state index contributed by atoms with van der Waals surface area (Å²) in [7, 11) is 2.69. The Morgan fingerprint density at radius 1 is 0.963 bits per heavy atom. The number of methoxy groups -OCH3 is 2. The maximum absolute atomic E-state index is 12.7. The van der Waals surface area contributed by atoms with E-state index >= 15 is 0 Å². The molecule has 0 saturated carbocycles. The van der Waals surface area contributed by atoms with Crippen LogP contribution in [0.3, 0.4) is 0 Å². The quantitative estimate of drug-likeness (QED) is 0.416. The molecule has 0 aliphatic heterocycles. The number of benzene rings is 1. The first-order chi connectivity index (χ1) is 12.9. The van der Waals surface area contributed by atoms with Crippen LogP contribution in [0.1, 0.15) is 30.9 Å². The van der Waals surface area contributed by atoms with Crippen molar-refractivity contribution in [2.24, 2.45) is 0 Å². The number of ketones is 2. The lowest BCUT2D eigenvalue weighted by Gasteiger charge is -2.20. The summed E-state index contributed by atoms with van der Waals surface area (Å²) in [5.41, 5.74) is 2.79. The van der Waals surface area contributed by atoms with Crippen LogP contribution in [0.25, 0.3) is 0 Å². The number of rotatable bonds is 8. The van der Waals surface area contributed by atoms with Crippen LogP contribution in [0.15, 0.2) is 46.9 Å². The molecule has 1 aliphatic rings. The fourth-order valence-electron chi connectivity index (χ4n) is 2.91. The number of carbonyl (C=O) groups excluding carboxylic acids is 3. The van der Waals surface area contributed by atoms with Crippen molar-refractivity contribution < 1.29 is 26.9 Å². The van der Waals surface area contributed by atoms with Crippen LogP contribution in [0.2, 0.25) is 0 Å². The van der Waals surface area contributed by atoms with Crippen LogP contribution < -0.4 is 0 Å². The molecule has 1 aliphatic carbocycles. The van der Waals surface area contributed by atoms with Gasteiger partial charge in [0, 0.05) is 24.0 Å². The molecule has 0 aromatic heterocycles. The number of aryl methyl sites for hydroxylation is 1. The zero-order valence-electron chi connectivity index (χ0n) is 15.5. The van der Waals surface area contributed by atoms with E-state index in [-0.39, 0.29) is 29.1 Å². The van der Waals surface area contributed by atoms with Crippen molar-refractivity contribution in [1.82, 2.24) is 0 Å². The van der Waals surface area contributed by atoms with Crippen molar-refractivity contribution >= 4 is 40.5 Å². The predicted molar refractivity (Wildman–Crippen MR) is 107 cm³/mol. The third kappa shape index (κ3) is 4.97. The van der Waals surface area contributed by atoms with Crippen LogP contribution in [-0.2, 0) is 39.8 Å². The van der Waals surface area contributed by atoms with Gasteiger partial charge in [-0.2, -0.15) is 0 Å². The molecule has 144 valence electrons. The average molecular weight is 484 g/mol. The summed E-state index contributed by atoms with van der Waals surface area (Å²) < 4.78 is 14.7. The van der Waals surface area contributed by atoms with E-state index in [2.05, 4.69) is 3.07 Å². The molecule has 0 N–H and O–H groups in total. The molecule has 0 saturated heterocycles. The van der Waals surface area contributed by atoms with Gasteiger partial charge in [-0.25, -0.2) is 0 Å². The van der Waals surface area contributed by atoms with Gasteiger partial charge in [-0.05, 0) is 30.9 Å². The predicted octanol–water partition coefficient (Wildman–Crippen LogP) is 3.42. The maximum Gasteiger partial charge on any atom is 0.315 e. The Bertz CT molecular complexity index is 804. The molecule has 0 spiro atoms. The molecule has 2 rings (SSSR count). The minimum Gasteiger partial charge on any atom is -0.489 e. The van der Waals surface area contributed by atoms with Crippen molar-refractivity contribution in [1.29, 1.82) is 0 Å². The van der Waals surface area contributed by atoms with Crippen LogP contribution in [-0.4, -0.2) is 31.8 Å². The number of Topliss-reactive ketones (excluding diaryl/α,β-unsaturated/α-hetero) is 2. The molecule has 0 atom stereocenters. The van der Waals surface area contributed by atoms with Gasteiger partial charge in [0.25, 0.3) is 0 Å². The van der Waals surface area contributed by atoms with Gasteiger partial charge in [-0.15, -0.1) is 0 Å². The van der Waals surface area contributed by atoms with E-state index in [1.54, 1.807) is 29.9 Å². The summed E-state index contributed by atoms with van der Waals surface area (Å²) in [5, 5.41) is 0. The summed E-state index contributed by atoms with van der Waals surface area (Å²) in [5.74, 6) is -0.992. The summed E-state index contributed by atoms with van der Waals surface area (Å²) in [6.07, 6.45) is 2.18. The lowest BCUT2D eigenvalue weighted by molar-refractivity contribution is -0.131. The molecule has 1 aromatic rings. The zero-order chi connectivity index (χ0) is 20.0. The van der Waals surface area contributed by atoms with Crippen molar-refractivity contribution in [3.8, 4) is 0 Å². The highest BCUT2D eigenvalue weighted by atomic mass is 127. The van der Waals surface area contributed by atoms with Crippen LogP contribution in [0.5, 0.6) is 0 Å². The SMILES string of the molecule is COC1=C(OC)C(=O)C(Cc2ccc(CCCC(=O)OI)cc2)=C(C)C1=O. The van der Waals surface area contributed by atoms with Crippen LogP contribution in [0.4, 0.5) is 0 Å². The van der Waals surface area contributed by atoms with Crippen LogP contribution in [0, 0.1) is 0 Å². The first-order valence-electron chi connectivity index (χ1n) is 8.43. The van der Waals surface area contributed by atoms with Gasteiger partial charge >= 0.3 is 5.97 Å². The van der Waals surface area contributed by atoms with E-state index < -0.39 is 0 Å². The molecule has 27 heavy (non-hydrogen) atoms. The van der Waals surface area contributed by atoms with E-state index in [0.717, 1.165) is 17.5 Å². The Morgan fingerprint density at radius 3 is 2.07 bits per heavy atom. The molecule has 7 heteroatoms. The number of hydrogen-bond acceptors (Lipinski definition) is 6. The summed E-state index contributed by atoms with van der Waals surface area (Å²) in [6.45, 7) is 1.63. The third-order valence-corrected chi connectivity index (χ3v) is 4.92. The van der Waals surface area contributed by atoms with Gasteiger partial charge < -0.3 is 12.5 Å². The highest BCUT2D eigenvalue weighted by Crippen LogP contribution is 2.28. The summed E-state index contributed by atoms with van der Waals surface area (Å²) in [6, 6.07) is 7.77. The topological polar surface area (TPSA) is 78.9 Å². The number of carbonyl (C=O) groups is 3. The highest BCUT2D eigenvalue weighted by Gasteiger charge is 2.34. The minimum absolute atomic E-state index is 0.0517. The molecule has 6 nitrogen and oxygen atoms in total. The Kier molecular flexibility index (Phi) is 7.58. The molecule has 0 amide bonds. The van der Waals surface area contributed by atoms with E-state index in [0.29, 0.717) is 30.4 Å². The monoisotopic (exact) mass is 484 g/mol. The standard InChI is InChI=1S/C20H21IO6/c1-12-15(18(24)20(26-3)19(25-2)17(12)23)11-14-9-7-13(8-10-14)5-4-6-16(22)27-21/h7-10H,4-6,11H2,1-3H3. The summed E-state index contributed by atoms with van der Waals surface area (Å²) in [4.78, 5) is 36.2. The molecule has 0 radical (unpaired) electrons. The van der Waals surface area contributed by atoms with Crippen molar-refractivity contribution in [3.05, 3.63) is 58.1 Å². The second-order valence-electron chi connectivity index (χ2n) is 6.12. The molecule has 0 bridgehead atoms. The van der Waals surface area contributed by atoms with Gasteiger partial charge in [0.05, 0.1) is 14.2 Å². The number of allylic oxidation sites excluding steroid dienone is 2. The van der Waals surface area contributed by atoms with Crippen molar-refractivity contribution in [3.63, 3.8) is 0 Å². The van der Waals surface area contributed by atoms with E-state index in [1.165, 1.54) is 14.2 Å². The molecule has 0 unspecified atom stereocenters. The Morgan fingerprint density at radius 2 is 1.52 bits per heavy atom. The number of hydrogen-bond donors (Lipinski definition) is 0. The normalized spacial score (nSPS) is 14.5. The van der Waals surface area contributed by atoms with Crippen LogP contribution >= 0.6 is 23.0 Å². The summed E-state index contributed by atoms with van der Waals surface area (Å²) >= 11 is 1.59.